The lowest BCUT2D eigenvalue weighted by Crippen LogP contribution is -2.15. The molecule has 0 aliphatic carbocycles. The number of rotatable bonds is 4. The van der Waals surface area contributed by atoms with Crippen molar-refractivity contribution in [1.82, 2.24) is 0 Å². The van der Waals surface area contributed by atoms with Crippen LogP contribution < -0.4 is 0 Å². The average molecular weight is 216 g/mol. The van der Waals surface area contributed by atoms with Crippen LogP contribution in [0.5, 0.6) is 0 Å². The molecule has 0 aromatic rings. The van der Waals surface area contributed by atoms with Crippen LogP contribution in [-0.4, -0.2) is 41.0 Å². The second kappa shape index (κ2) is 4.45. The Hall–Kier alpha value is -2.05. The standard InChI is InChI=1S/C8H8O7/c9-6(10)2-4(7(11)12)1-5-3-14-8(13)15-5/h2,5H,1,3H2,(H,9,10)(H,11,12)/b4-2-. The molecule has 1 aliphatic heterocycles. The smallest absolute Gasteiger partial charge is 0.478 e. The first kappa shape index (κ1) is 11.0. The highest BCUT2D eigenvalue weighted by atomic mass is 16.8. The molecule has 0 bridgehead atoms. The normalized spacial score (nSPS) is 20.7. The van der Waals surface area contributed by atoms with Crippen LogP contribution in [0.2, 0.25) is 0 Å². The maximum atomic E-state index is 10.6. The van der Waals surface area contributed by atoms with Crippen molar-refractivity contribution in [3.63, 3.8) is 0 Å². The SMILES string of the molecule is O=C(O)/C=C(/CC1COC(=O)O1)C(=O)O. The Labute approximate surface area is 83.9 Å². The number of carboxylic acids is 2. The van der Waals surface area contributed by atoms with E-state index in [-0.39, 0.29) is 18.6 Å². The van der Waals surface area contributed by atoms with E-state index in [1.165, 1.54) is 0 Å². The third kappa shape index (κ3) is 3.29. The van der Waals surface area contributed by atoms with Gasteiger partial charge in [0.1, 0.15) is 12.7 Å². The summed E-state index contributed by atoms with van der Waals surface area (Å²) in [5, 5.41) is 17.0. The predicted molar refractivity (Wildman–Crippen MR) is 44.2 cm³/mol. The monoisotopic (exact) mass is 216 g/mol. The molecule has 0 aromatic carbocycles. The number of ether oxygens (including phenoxy) is 2. The van der Waals surface area contributed by atoms with E-state index in [0.29, 0.717) is 6.08 Å². The highest BCUT2D eigenvalue weighted by Gasteiger charge is 2.27. The molecule has 0 radical (unpaired) electrons. The summed E-state index contributed by atoms with van der Waals surface area (Å²) in [5.41, 5.74) is -0.342. The molecule has 0 spiro atoms. The van der Waals surface area contributed by atoms with Gasteiger partial charge in [-0.05, 0) is 0 Å². The molecule has 0 aromatic heterocycles. The first-order chi connectivity index (χ1) is 6.99. The zero-order chi connectivity index (χ0) is 11.4. The fourth-order valence-electron chi connectivity index (χ4n) is 1.07. The van der Waals surface area contributed by atoms with Crippen molar-refractivity contribution in [3.05, 3.63) is 11.6 Å². The van der Waals surface area contributed by atoms with E-state index in [0.717, 1.165) is 0 Å². The van der Waals surface area contributed by atoms with Gasteiger partial charge in [-0.1, -0.05) is 0 Å². The Balaban J connectivity index is 2.63. The van der Waals surface area contributed by atoms with Gasteiger partial charge in [0.05, 0.1) is 0 Å². The Kier molecular flexibility index (Phi) is 3.27. The second-order valence-corrected chi connectivity index (χ2v) is 2.82. The van der Waals surface area contributed by atoms with Gasteiger partial charge in [0.15, 0.2) is 0 Å². The number of hydrogen-bond acceptors (Lipinski definition) is 5. The van der Waals surface area contributed by atoms with Gasteiger partial charge in [0.2, 0.25) is 0 Å². The van der Waals surface area contributed by atoms with Crippen molar-refractivity contribution in [1.29, 1.82) is 0 Å². The van der Waals surface area contributed by atoms with Gasteiger partial charge in [-0.15, -0.1) is 0 Å². The molecule has 15 heavy (non-hydrogen) atoms. The molecule has 2 N–H and O–H groups in total. The van der Waals surface area contributed by atoms with Gasteiger partial charge in [-0.2, -0.15) is 0 Å². The summed E-state index contributed by atoms with van der Waals surface area (Å²) in [6.45, 7) is -0.0664. The van der Waals surface area contributed by atoms with E-state index in [4.69, 9.17) is 10.2 Å². The van der Waals surface area contributed by atoms with Crippen molar-refractivity contribution in [2.45, 2.75) is 12.5 Å². The summed E-state index contributed by atoms with van der Waals surface area (Å²) < 4.78 is 8.99. The highest BCUT2D eigenvalue weighted by molar-refractivity contribution is 5.94. The van der Waals surface area contributed by atoms with Crippen molar-refractivity contribution in [2.75, 3.05) is 6.61 Å². The molecule has 82 valence electrons. The van der Waals surface area contributed by atoms with Crippen molar-refractivity contribution in [2.24, 2.45) is 0 Å². The molecule has 7 nitrogen and oxygen atoms in total. The fourth-order valence-corrected chi connectivity index (χ4v) is 1.07. The summed E-state index contributed by atoms with van der Waals surface area (Å²) in [4.78, 5) is 31.4. The van der Waals surface area contributed by atoms with E-state index >= 15 is 0 Å². The molecule has 1 unspecified atom stereocenters. The maximum Gasteiger partial charge on any atom is 0.508 e. The van der Waals surface area contributed by atoms with Crippen LogP contribution in [0.4, 0.5) is 4.79 Å². The summed E-state index contributed by atoms with van der Waals surface area (Å²) in [6.07, 6.45) is -1.23. The maximum absolute atomic E-state index is 10.6. The molecule has 1 atom stereocenters. The van der Waals surface area contributed by atoms with Crippen LogP contribution in [0, 0.1) is 0 Å². The fraction of sp³-hybridized carbons (Fsp3) is 0.375. The van der Waals surface area contributed by atoms with Crippen LogP contribution in [0.3, 0.4) is 0 Å². The Bertz CT molecular complexity index is 330. The summed E-state index contributed by atoms with van der Waals surface area (Å²) >= 11 is 0. The first-order valence-corrected chi connectivity index (χ1v) is 3.99. The van der Waals surface area contributed by atoms with Gasteiger partial charge < -0.3 is 19.7 Å². The van der Waals surface area contributed by atoms with Crippen molar-refractivity contribution in [3.8, 4) is 0 Å². The molecule has 1 saturated heterocycles. The number of hydrogen-bond donors (Lipinski definition) is 2. The van der Waals surface area contributed by atoms with E-state index in [1.54, 1.807) is 0 Å². The third-order valence-corrected chi connectivity index (χ3v) is 1.67. The number of carbonyl (C=O) groups excluding carboxylic acids is 1. The quantitative estimate of drug-likeness (QED) is 0.502. The summed E-state index contributed by atoms with van der Waals surface area (Å²) in [6, 6.07) is 0. The van der Waals surface area contributed by atoms with E-state index in [9.17, 15) is 14.4 Å². The largest absolute Gasteiger partial charge is 0.508 e. The molecule has 1 rings (SSSR count). The molecule has 1 heterocycles. The molecule has 0 saturated carbocycles. The zero-order valence-electron chi connectivity index (χ0n) is 7.50. The van der Waals surface area contributed by atoms with Crippen LogP contribution in [0.1, 0.15) is 6.42 Å². The molecule has 1 fully saturated rings. The van der Waals surface area contributed by atoms with E-state index in [2.05, 4.69) is 9.47 Å². The topological polar surface area (TPSA) is 110 Å². The van der Waals surface area contributed by atoms with Gasteiger partial charge in [0, 0.05) is 18.1 Å². The predicted octanol–water partition coefficient (Wildman–Crippen LogP) is 0.00750. The molecule has 7 heteroatoms. The number of carbonyl (C=O) groups is 3. The number of aliphatic carboxylic acids is 2. The lowest BCUT2D eigenvalue weighted by atomic mass is 10.1. The van der Waals surface area contributed by atoms with E-state index < -0.39 is 24.2 Å². The van der Waals surface area contributed by atoms with Gasteiger partial charge in [0.25, 0.3) is 0 Å². The van der Waals surface area contributed by atoms with Crippen molar-refractivity contribution >= 4 is 18.1 Å². The first-order valence-electron chi connectivity index (χ1n) is 3.99. The second-order valence-electron chi connectivity index (χ2n) is 2.82. The Morgan fingerprint density at radius 3 is 2.53 bits per heavy atom. The molecule has 0 amide bonds. The van der Waals surface area contributed by atoms with Gasteiger partial charge in [-0.3, -0.25) is 0 Å². The molecular weight excluding hydrogens is 208 g/mol. The number of carboxylic acid groups (broad SMARTS) is 2. The minimum absolute atomic E-state index is 0.0664. The lowest BCUT2D eigenvalue weighted by Gasteiger charge is -2.05. The van der Waals surface area contributed by atoms with Gasteiger partial charge >= 0.3 is 18.1 Å². The zero-order valence-corrected chi connectivity index (χ0v) is 7.50. The number of cyclic esters (lactones) is 2. The van der Waals surface area contributed by atoms with Crippen LogP contribution >= 0.6 is 0 Å². The van der Waals surface area contributed by atoms with Gasteiger partial charge in [-0.25, -0.2) is 14.4 Å². The average Bonchev–Trinajstić information content (AvgIpc) is 2.49. The lowest BCUT2D eigenvalue weighted by molar-refractivity contribution is -0.135. The minimum Gasteiger partial charge on any atom is -0.478 e. The van der Waals surface area contributed by atoms with Crippen LogP contribution in [0.25, 0.3) is 0 Å². The summed E-state index contributed by atoms with van der Waals surface area (Å²) in [7, 11) is 0. The Morgan fingerprint density at radius 2 is 2.13 bits per heavy atom. The molecule has 1 aliphatic rings. The molecular formula is C8H8O7. The van der Waals surface area contributed by atoms with Crippen LogP contribution in [0.15, 0.2) is 11.6 Å². The summed E-state index contributed by atoms with van der Waals surface area (Å²) in [5.74, 6) is -2.72. The van der Waals surface area contributed by atoms with Crippen molar-refractivity contribution < 1.29 is 34.1 Å². The highest BCUT2D eigenvalue weighted by Crippen LogP contribution is 2.15. The van der Waals surface area contributed by atoms with Crippen LogP contribution in [-0.2, 0) is 19.1 Å². The third-order valence-electron chi connectivity index (χ3n) is 1.67. The Morgan fingerprint density at radius 1 is 1.47 bits per heavy atom. The minimum atomic E-state index is -1.36. The van der Waals surface area contributed by atoms with E-state index in [1.807, 2.05) is 0 Å².